The van der Waals surface area contributed by atoms with Crippen LogP contribution < -0.4 is 15.6 Å². The van der Waals surface area contributed by atoms with Crippen LogP contribution in [0.5, 0.6) is 5.75 Å². The molecule has 1 N–H and O–H groups in total. The first kappa shape index (κ1) is 30.0. The van der Waals surface area contributed by atoms with Gasteiger partial charge in [0.15, 0.2) is 0 Å². The number of carbonyl (C=O) groups is 1. The predicted molar refractivity (Wildman–Crippen MR) is 165 cm³/mol. The maximum atomic E-state index is 13.5. The van der Waals surface area contributed by atoms with Gasteiger partial charge in [-0.1, -0.05) is 61.6 Å². The average Bonchev–Trinajstić information content (AvgIpc) is 3.24. The van der Waals surface area contributed by atoms with E-state index in [1.54, 1.807) is 41.7 Å². The van der Waals surface area contributed by atoms with Gasteiger partial charge in [-0.2, -0.15) is 5.26 Å². The molecule has 0 atom stereocenters. The highest BCUT2D eigenvalue weighted by Gasteiger charge is 2.32. The van der Waals surface area contributed by atoms with Gasteiger partial charge < -0.3 is 10.1 Å². The number of nitrogens with zero attached hydrogens (tertiary/aromatic N) is 3. The van der Waals surface area contributed by atoms with Crippen molar-refractivity contribution in [3.63, 3.8) is 0 Å². The van der Waals surface area contributed by atoms with Crippen molar-refractivity contribution in [2.75, 3.05) is 19.0 Å². The van der Waals surface area contributed by atoms with E-state index in [2.05, 4.69) is 11.4 Å². The van der Waals surface area contributed by atoms with Gasteiger partial charge in [-0.25, -0.2) is 4.39 Å². The summed E-state index contributed by atoms with van der Waals surface area (Å²) in [6.45, 7) is 4.88. The van der Waals surface area contributed by atoms with Gasteiger partial charge in [-0.3, -0.25) is 19.1 Å². The molecule has 0 unspecified atom stereocenters. The van der Waals surface area contributed by atoms with E-state index >= 15 is 0 Å². The lowest BCUT2D eigenvalue weighted by molar-refractivity contribution is -0.122. The number of ether oxygens (including phenoxy) is 1. The van der Waals surface area contributed by atoms with E-state index in [1.165, 1.54) is 23.9 Å². The summed E-state index contributed by atoms with van der Waals surface area (Å²) in [6.07, 6.45) is 3.92. The third-order valence-electron chi connectivity index (χ3n) is 6.92. The SMILES string of the molecule is CCCCn1c(NCc2ccc(F)cc2)c(/C=C2/SC(=S)N(CCc3ccc(OC)cc3)C2=O)c(C)c(C#N)c1=O. The Bertz CT molecular complexity index is 1580. The average molecular weight is 591 g/mol. The Morgan fingerprint density at radius 2 is 1.78 bits per heavy atom. The molecule has 1 aliphatic rings. The molecule has 7 nitrogen and oxygen atoms in total. The third-order valence-corrected chi connectivity index (χ3v) is 8.29. The third kappa shape index (κ3) is 6.87. The van der Waals surface area contributed by atoms with Crippen molar-refractivity contribution in [2.45, 2.75) is 46.2 Å². The monoisotopic (exact) mass is 590 g/mol. The molecule has 1 fully saturated rings. The van der Waals surface area contributed by atoms with Crippen molar-refractivity contribution in [3.8, 4) is 11.8 Å². The summed E-state index contributed by atoms with van der Waals surface area (Å²) in [5, 5.41) is 13.2. The first-order valence-electron chi connectivity index (χ1n) is 13.3. The van der Waals surface area contributed by atoms with Gasteiger partial charge in [-0.05, 0) is 66.8 Å². The van der Waals surface area contributed by atoms with Crippen LogP contribution >= 0.6 is 24.0 Å². The number of hydrogen-bond donors (Lipinski definition) is 1. The fourth-order valence-electron chi connectivity index (χ4n) is 4.53. The highest BCUT2D eigenvalue weighted by atomic mass is 32.2. The molecule has 0 radical (unpaired) electrons. The van der Waals surface area contributed by atoms with Gasteiger partial charge in [0, 0.05) is 25.2 Å². The van der Waals surface area contributed by atoms with Crippen molar-refractivity contribution in [3.05, 3.63) is 97.4 Å². The molecule has 41 heavy (non-hydrogen) atoms. The van der Waals surface area contributed by atoms with Crippen LogP contribution in [0.25, 0.3) is 6.08 Å². The van der Waals surface area contributed by atoms with Gasteiger partial charge >= 0.3 is 0 Å². The molecular weight excluding hydrogens is 559 g/mol. The Kier molecular flexibility index (Phi) is 9.97. The van der Waals surface area contributed by atoms with Crippen LogP contribution in [0.2, 0.25) is 0 Å². The zero-order valence-corrected chi connectivity index (χ0v) is 24.8. The molecule has 1 saturated heterocycles. The van der Waals surface area contributed by atoms with Gasteiger partial charge in [-0.15, -0.1) is 0 Å². The second-order valence-corrected chi connectivity index (χ2v) is 11.3. The summed E-state index contributed by atoms with van der Waals surface area (Å²) < 4.78 is 20.7. The number of nitrogens with one attached hydrogen (secondary N) is 1. The zero-order valence-electron chi connectivity index (χ0n) is 23.2. The number of thioether (sulfide) groups is 1. The Morgan fingerprint density at radius 1 is 1.10 bits per heavy atom. The van der Waals surface area contributed by atoms with Crippen molar-refractivity contribution in [1.29, 1.82) is 5.26 Å². The van der Waals surface area contributed by atoms with Crippen LogP contribution in [-0.2, 0) is 24.3 Å². The van der Waals surface area contributed by atoms with E-state index in [9.17, 15) is 19.2 Å². The summed E-state index contributed by atoms with van der Waals surface area (Å²) in [6, 6.07) is 15.8. The van der Waals surface area contributed by atoms with Crippen LogP contribution in [0.15, 0.2) is 58.2 Å². The summed E-state index contributed by atoms with van der Waals surface area (Å²) >= 11 is 6.76. The minimum atomic E-state index is -0.385. The minimum Gasteiger partial charge on any atom is -0.497 e. The Morgan fingerprint density at radius 3 is 2.41 bits per heavy atom. The summed E-state index contributed by atoms with van der Waals surface area (Å²) in [4.78, 5) is 28.8. The van der Waals surface area contributed by atoms with E-state index in [0.717, 1.165) is 29.7 Å². The van der Waals surface area contributed by atoms with E-state index in [0.29, 0.717) is 52.2 Å². The fraction of sp³-hybridized carbons (Fsp3) is 0.290. The number of unbranched alkanes of at least 4 members (excludes halogenated alkanes) is 1. The van der Waals surface area contributed by atoms with Crippen molar-refractivity contribution in [2.24, 2.45) is 0 Å². The number of amides is 1. The molecule has 4 rings (SSSR count). The second-order valence-electron chi connectivity index (χ2n) is 9.60. The smallest absolute Gasteiger partial charge is 0.270 e. The Balaban J connectivity index is 1.69. The summed E-state index contributed by atoms with van der Waals surface area (Å²) in [7, 11) is 1.61. The molecule has 212 valence electrons. The predicted octanol–water partition coefficient (Wildman–Crippen LogP) is 6.03. The lowest BCUT2D eigenvalue weighted by atomic mass is 10.0. The molecule has 0 saturated carbocycles. The molecule has 3 aromatic rings. The van der Waals surface area contributed by atoms with Gasteiger partial charge in [0.05, 0.1) is 12.0 Å². The maximum absolute atomic E-state index is 13.5. The number of thiocarbonyl (C=S) groups is 1. The molecule has 1 aliphatic heterocycles. The number of anilines is 1. The Labute approximate surface area is 248 Å². The van der Waals surface area contributed by atoms with Gasteiger partial charge in [0.25, 0.3) is 11.5 Å². The van der Waals surface area contributed by atoms with Crippen molar-refractivity contribution in [1.82, 2.24) is 9.47 Å². The molecule has 2 heterocycles. The van der Waals surface area contributed by atoms with Crippen LogP contribution in [0.4, 0.5) is 10.2 Å². The fourth-order valence-corrected chi connectivity index (χ4v) is 5.82. The minimum absolute atomic E-state index is 0.0367. The quantitative estimate of drug-likeness (QED) is 0.215. The van der Waals surface area contributed by atoms with Crippen LogP contribution in [-0.4, -0.2) is 33.3 Å². The molecule has 0 aliphatic carbocycles. The molecular formula is C31H31FN4O3S2. The molecule has 1 amide bonds. The molecule has 0 spiro atoms. The lowest BCUT2D eigenvalue weighted by Gasteiger charge is -2.20. The van der Waals surface area contributed by atoms with Crippen molar-refractivity contribution < 1.29 is 13.9 Å². The van der Waals surface area contributed by atoms with Crippen LogP contribution in [0, 0.1) is 24.1 Å². The van der Waals surface area contributed by atoms with E-state index in [-0.39, 0.29) is 22.8 Å². The number of pyridine rings is 1. The highest BCUT2D eigenvalue weighted by molar-refractivity contribution is 8.26. The summed E-state index contributed by atoms with van der Waals surface area (Å²) in [5.41, 5.74) is 2.58. The number of nitriles is 1. The first-order chi connectivity index (χ1) is 19.8. The number of halogens is 1. The van der Waals surface area contributed by atoms with Crippen molar-refractivity contribution >= 4 is 46.1 Å². The topological polar surface area (TPSA) is 87.4 Å². The number of aromatic nitrogens is 1. The van der Waals surface area contributed by atoms with Gasteiger partial charge in [0.1, 0.15) is 33.3 Å². The van der Waals surface area contributed by atoms with Gasteiger partial charge in [0.2, 0.25) is 0 Å². The van der Waals surface area contributed by atoms with Crippen LogP contribution in [0.3, 0.4) is 0 Å². The number of benzene rings is 2. The second kappa shape index (κ2) is 13.6. The first-order valence-corrected chi connectivity index (χ1v) is 14.5. The Hall–Kier alpha value is -3.94. The maximum Gasteiger partial charge on any atom is 0.270 e. The largest absolute Gasteiger partial charge is 0.497 e. The number of methoxy groups -OCH3 is 1. The van der Waals surface area contributed by atoms with Crippen LogP contribution in [0.1, 0.15) is 47.6 Å². The van der Waals surface area contributed by atoms with E-state index < -0.39 is 0 Å². The molecule has 1 aromatic heterocycles. The molecule has 2 aromatic carbocycles. The molecule has 10 heteroatoms. The standard InChI is InChI=1S/C31H31FN4O3S2/c1-4-5-15-35-28(34-19-22-6-10-23(32)11-7-22)25(20(2)26(18-33)29(35)37)17-27-30(38)36(31(40)41-27)16-14-21-8-12-24(39-3)13-9-21/h6-13,17,34H,4-5,14-16,19H2,1-3H3/b27-17+. The zero-order chi connectivity index (χ0) is 29.5. The lowest BCUT2D eigenvalue weighted by Crippen LogP contribution is -2.30. The van der Waals surface area contributed by atoms with E-state index in [4.69, 9.17) is 17.0 Å². The number of rotatable bonds is 11. The molecule has 0 bridgehead atoms. The number of carbonyl (C=O) groups excluding carboxylic acids is 1. The van der Waals surface area contributed by atoms with E-state index in [1.807, 2.05) is 31.2 Å². The summed E-state index contributed by atoms with van der Waals surface area (Å²) in [5.74, 6) is 0.714. The normalized spacial score (nSPS) is 14.0. The highest BCUT2D eigenvalue weighted by Crippen LogP contribution is 2.35. The number of hydrogen-bond acceptors (Lipinski definition) is 7.